The van der Waals surface area contributed by atoms with Crippen molar-refractivity contribution in [1.82, 2.24) is 10.2 Å². The number of hydrogen-bond donors (Lipinski definition) is 1. The summed E-state index contributed by atoms with van der Waals surface area (Å²) >= 11 is 0. The summed E-state index contributed by atoms with van der Waals surface area (Å²) in [5.74, 6) is 0. The van der Waals surface area contributed by atoms with Gasteiger partial charge in [0.15, 0.2) is 6.29 Å². The Bertz CT molecular complexity index is 124. The number of likely N-dealkylation sites (N-methyl/N-ethyl adjacent to an activating group) is 1. The molecule has 1 atom stereocenters. The molecular weight excluding hydrogens is 144 g/mol. The standard InChI is InChI=1S/C7H14N2O2/c1-8-7(6-10)9-2-4-11-5-3-9/h6-8H,2-5H2,1H3. The van der Waals surface area contributed by atoms with Gasteiger partial charge in [0.25, 0.3) is 0 Å². The second-order valence-electron chi connectivity index (χ2n) is 2.52. The molecule has 0 spiro atoms. The highest BCUT2D eigenvalue weighted by Gasteiger charge is 2.17. The summed E-state index contributed by atoms with van der Waals surface area (Å²) < 4.78 is 5.15. The average Bonchev–Trinajstić information content (AvgIpc) is 2.09. The minimum atomic E-state index is -0.140. The first-order valence-electron chi connectivity index (χ1n) is 3.83. The van der Waals surface area contributed by atoms with Crippen LogP contribution in [0.1, 0.15) is 0 Å². The average molecular weight is 158 g/mol. The molecular formula is C7H14N2O2. The number of aldehydes is 1. The molecule has 4 heteroatoms. The van der Waals surface area contributed by atoms with Gasteiger partial charge in [0.2, 0.25) is 0 Å². The quantitative estimate of drug-likeness (QED) is 0.538. The maximum Gasteiger partial charge on any atom is 0.151 e. The molecule has 0 aromatic rings. The molecule has 0 aromatic heterocycles. The maximum atomic E-state index is 10.5. The molecule has 1 heterocycles. The fourth-order valence-corrected chi connectivity index (χ4v) is 1.19. The molecule has 1 saturated heterocycles. The van der Waals surface area contributed by atoms with Crippen LogP contribution < -0.4 is 5.32 Å². The van der Waals surface area contributed by atoms with E-state index in [4.69, 9.17) is 4.74 Å². The molecule has 0 aliphatic carbocycles. The lowest BCUT2D eigenvalue weighted by Gasteiger charge is -2.30. The van der Waals surface area contributed by atoms with Gasteiger partial charge in [-0.3, -0.25) is 10.2 Å². The number of morpholine rings is 1. The van der Waals surface area contributed by atoms with Crippen LogP contribution >= 0.6 is 0 Å². The van der Waals surface area contributed by atoms with Gasteiger partial charge >= 0.3 is 0 Å². The molecule has 1 aliphatic rings. The Hall–Kier alpha value is -0.450. The van der Waals surface area contributed by atoms with E-state index in [1.165, 1.54) is 0 Å². The first-order chi connectivity index (χ1) is 5.38. The maximum absolute atomic E-state index is 10.5. The van der Waals surface area contributed by atoms with Crippen LogP contribution in [-0.2, 0) is 9.53 Å². The Morgan fingerprint density at radius 3 is 2.64 bits per heavy atom. The van der Waals surface area contributed by atoms with Gasteiger partial charge in [-0.1, -0.05) is 0 Å². The highest BCUT2D eigenvalue weighted by Crippen LogP contribution is 1.98. The van der Waals surface area contributed by atoms with Gasteiger partial charge < -0.3 is 9.53 Å². The molecule has 11 heavy (non-hydrogen) atoms. The van der Waals surface area contributed by atoms with Crippen molar-refractivity contribution in [3.63, 3.8) is 0 Å². The summed E-state index contributed by atoms with van der Waals surface area (Å²) in [6, 6.07) is 0. The molecule has 1 fully saturated rings. The normalized spacial score (nSPS) is 23.0. The molecule has 1 N–H and O–H groups in total. The highest BCUT2D eigenvalue weighted by molar-refractivity contribution is 5.56. The van der Waals surface area contributed by atoms with Crippen molar-refractivity contribution in [2.75, 3.05) is 33.4 Å². The van der Waals surface area contributed by atoms with E-state index in [1.807, 2.05) is 0 Å². The Kier molecular flexibility index (Phi) is 3.48. The van der Waals surface area contributed by atoms with Crippen molar-refractivity contribution in [3.05, 3.63) is 0 Å². The Morgan fingerprint density at radius 2 is 2.18 bits per heavy atom. The first-order valence-corrected chi connectivity index (χ1v) is 3.83. The number of nitrogens with one attached hydrogen (secondary N) is 1. The van der Waals surface area contributed by atoms with Crippen molar-refractivity contribution in [2.24, 2.45) is 0 Å². The van der Waals surface area contributed by atoms with E-state index < -0.39 is 0 Å². The number of ether oxygens (including phenoxy) is 1. The van der Waals surface area contributed by atoms with Crippen molar-refractivity contribution >= 4 is 6.29 Å². The molecule has 0 radical (unpaired) electrons. The second kappa shape index (κ2) is 4.43. The molecule has 4 nitrogen and oxygen atoms in total. The lowest BCUT2D eigenvalue weighted by atomic mass is 10.3. The predicted molar refractivity (Wildman–Crippen MR) is 41.3 cm³/mol. The summed E-state index contributed by atoms with van der Waals surface area (Å²) in [6.45, 7) is 3.13. The zero-order valence-corrected chi connectivity index (χ0v) is 6.75. The second-order valence-corrected chi connectivity index (χ2v) is 2.52. The number of hydrogen-bond acceptors (Lipinski definition) is 4. The first kappa shape index (κ1) is 8.64. The minimum absolute atomic E-state index is 0.140. The fourth-order valence-electron chi connectivity index (χ4n) is 1.19. The Balaban J connectivity index is 2.35. The smallest absolute Gasteiger partial charge is 0.151 e. The largest absolute Gasteiger partial charge is 0.379 e. The monoisotopic (exact) mass is 158 g/mol. The van der Waals surface area contributed by atoms with Gasteiger partial charge in [-0.25, -0.2) is 0 Å². The molecule has 0 bridgehead atoms. The predicted octanol–water partition coefficient (Wildman–Crippen LogP) is -0.937. The molecule has 64 valence electrons. The van der Waals surface area contributed by atoms with Crippen LogP contribution in [0, 0.1) is 0 Å². The Labute approximate surface area is 66.5 Å². The van der Waals surface area contributed by atoms with Gasteiger partial charge in [0, 0.05) is 13.1 Å². The minimum Gasteiger partial charge on any atom is -0.379 e. The highest BCUT2D eigenvalue weighted by atomic mass is 16.5. The van der Waals surface area contributed by atoms with Crippen LogP contribution in [0.25, 0.3) is 0 Å². The molecule has 0 saturated carbocycles. The van der Waals surface area contributed by atoms with E-state index in [9.17, 15) is 4.79 Å². The van der Waals surface area contributed by atoms with Crippen LogP contribution in [0.15, 0.2) is 0 Å². The van der Waals surface area contributed by atoms with E-state index >= 15 is 0 Å². The number of carbonyl (C=O) groups is 1. The summed E-state index contributed by atoms with van der Waals surface area (Å²) in [7, 11) is 1.79. The molecule has 1 rings (SSSR count). The van der Waals surface area contributed by atoms with Crippen LogP contribution in [0.5, 0.6) is 0 Å². The third-order valence-electron chi connectivity index (χ3n) is 1.86. The fraction of sp³-hybridized carbons (Fsp3) is 0.857. The molecule has 1 unspecified atom stereocenters. The van der Waals surface area contributed by atoms with Crippen LogP contribution in [0.3, 0.4) is 0 Å². The number of rotatable bonds is 3. The van der Waals surface area contributed by atoms with Gasteiger partial charge in [-0.15, -0.1) is 0 Å². The van der Waals surface area contributed by atoms with E-state index in [2.05, 4.69) is 10.2 Å². The van der Waals surface area contributed by atoms with Gasteiger partial charge in [-0.05, 0) is 7.05 Å². The van der Waals surface area contributed by atoms with Gasteiger partial charge in [-0.2, -0.15) is 0 Å². The number of nitrogens with zero attached hydrogens (tertiary/aromatic N) is 1. The molecule has 0 amide bonds. The molecule has 0 aromatic carbocycles. The summed E-state index contributed by atoms with van der Waals surface area (Å²) in [6.07, 6.45) is 0.782. The van der Waals surface area contributed by atoms with E-state index in [0.717, 1.165) is 32.6 Å². The zero-order chi connectivity index (χ0) is 8.10. The zero-order valence-electron chi connectivity index (χ0n) is 6.75. The van der Waals surface area contributed by atoms with Crippen molar-refractivity contribution in [3.8, 4) is 0 Å². The van der Waals surface area contributed by atoms with Crippen molar-refractivity contribution < 1.29 is 9.53 Å². The van der Waals surface area contributed by atoms with Crippen LogP contribution in [-0.4, -0.2) is 50.7 Å². The summed E-state index contributed by atoms with van der Waals surface area (Å²) in [5, 5.41) is 2.92. The van der Waals surface area contributed by atoms with E-state index in [1.54, 1.807) is 7.05 Å². The lowest BCUT2D eigenvalue weighted by molar-refractivity contribution is -0.115. The van der Waals surface area contributed by atoms with Gasteiger partial charge in [0.1, 0.15) is 6.17 Å². The summed E-state index contributed by atoms with van der Waals surface area (Å²) in [5.41, 5.74) is 0. The Morgan fingerprint density at radius 1 is 1.55 bits per heavy atom. The third-order valence-corrected chi connectivity index (χ3v) is 1.86. The van der Waals surface area contributed by atoms with Gasteiger partial charge in [0.05, 0.1) is 13.2 Å². The van der Waals surface area contributed by atoms with Crippen LogP contribution in [0.2, 0.25) is 0 Å². The van der Waals surface area contributed by atoms with E-state index in [-0.39, 0.29) is 6.17 Å². The lowest BCUT2D eigenvalue weighted by Crippen LogP contribution is -2.50. The van der Waals surface area contributed by atoms with E-state index in [0.29, 0.717) is 0 Å². The topological polar surface area (TPSA) is 41.6 Å². The van der Waals surface area contributed by atoms with Crippen molar-refractivity contribution in [1.29, 1.82) is 0 Å². The summed E-state index contributed by atoms with van der Waals surface area (Å²) in [4.78, 5) is 12.6. The van der Waals surface area contributed by atoms with Crippen molar-refractivity contribution in [2.45, 2.75) is 6.17 Å². The number of carbonyl (C=O) groups excluding carboxylic acids is 1. The molecule has 1 aliphatic heterocycles. The SMILES string of the molecule is CNC(C=O)N1CCOCC1. The van der Waals surface area contributed by atoms with Crippen LogP contribution in [0.4, 0.5) is 0 Å². The third kappa shape index (κ3) is 2.25.